The van der Waals surface area contributed by atoms with Gasteiger partial charge in [0.1, 0.15) is 0 Å². The molecule has 2 heterocycles. The predicted molar refractivity (Wildman–Crippen MR) is 110 cm³/mol. The lowest BCUT2D eigenvalue weighted by Gasteiger charge is -2.32. The van der Waals surface area contributed by atoms with Crippen LogP contribution in [0.4, 0.5) is 5.69 Å². The van der Waals surface area contributed by atoms with Crippen molar-refractivity contribution in [2.75, 3.05) is 18.0 Å². The Labute approximate surface area is 159 Å². The molecule has 1 fully saturated rings. The van der Waals surface area contributed by atoms with Gasteiger partial charge in [0.25, 0.3) is 0 Å². The quantitative estimate of drug-likeness (QED) is 0.699. The van der Waals surface area contributed by atoms with Crippen molar-refractivity contribution in [1.29, 1.82) is 0 Å². The number of aromatic nitrogens is 1. The maximum absolute atomic E-state index is 12.2. The van der Waals surface area contributed by atoms with Crippen LogP contribution in [0.5, 0.6) is 0 Å². The Bertz CT molecular complexity index is 977. The summed E-state index contributed by atoms with van der Waals surface area (Å²) < 4.78 is 0. The van der Waals surface area contributed by atoms with E-state index < -0.39 is 5.97 Å². The molecule has 138 valence electrons. The normalized spacial score (nSPS) is 14.5. The Kier molecular flexibility index (Phi) is 4.80. The van der Waals surface area contributed by atoms with E-state index in [1.54, 1.807) is 0 Å². The first-order valence-corrected chi connectivity index (χ1v) is 9.70. The fourth-order valence-electron chi connectivity index (χ4n) is 4.09. The molecule has 0 unspecified atom stereocenters. The summed E-state index contributed by atoms with van der Waals surface area (Å²) in [5.74, 6) is -0.958. The highest BCUT2D eigenvalue weighted by Gasteiger charge is 2.26. The summed E-state index contributed by atoms with van der Waals surface area (Å²) in [6.45, 7) is 3.83. The molecule has 0 saturated carbocycles. The SMILES string of the molecule is CCc1cccc2c(-c3ccccc3)c(N3CCCCC3)c(C(=O)O)nc12. The first kappa shape index (κ1) is 17.5. The Morgan fingerprint density at radius 2 is 1.78 bits per heavy atom. The number of hydrogen-bond donors (Lipinski definition) is 1. The van der Waals surface area contributed by atoms with E-state index in [2.05, 4.69) is 41.1 Å². The minimum Gasteiger partial charge on any atom is -0.476 e. The van der Waals surface area contributed by atoms with Crippen molar-refractivity contribution < 1.29 is 9.90 Å². The molecule has 0 aliphatic carbocycles. The van der Waals surface area contributed by atoms with Crippen LogP contribution >= 0.6 is 0 Å². The van der Waals surface area contributed by atoms with E-state index in [1.807, 2.05) is 24.3 Å². The van der Waals surface area contributed by atoms with Crippen LogP contribution in [0.25, 0.3) is 22.0 Å². The van der Waals surface area contributed by atoms with Crippen molar-refractivity contribution in [3.05, 3.63) is 59.8 Å². The Balaban J connectivity index is 2.11. The molecular formula is C23H24N2O2. The summed E-state index contributed by atoms with van der Waals surface area (Å²) in [6, 6.07) is 16.3. The number of benzene rings is 2. The van der Waals surface area contributed by atoms with Gasteiger partial charge in [-0.05, 0) is 36.8 Å². The number of carboxylic acids is 1. The zero-order valence-corrected chi connectivity index (χ0v) is 15.6. The van der Waals surface area contributed by atoms with Crippen molar-refractivity contribution in [3.8, 4) is 11.1 Å². The number of carboxylic acid groups (broad SMARTS) is 1. The first-order chi connectivity index (χ1) is 13.2. The highest BCUT2D eigenvalue weighted by atomic mass is 16.4. The smallest absolute Gasteiger partial charge is 0.356 e. The molecule has 0 amide bonds. The number of aromatic carboxylic acids is 1. The van der Waals surface area contributed by atoms with Crippen molar-refractivity contribution in [1.82, 2.24) is 4.98 Å². The minimum atomic E-state index is -0.958. The molecule has 1 saturated heterocycles. The van der Waals surface area contributed by atoms with Gasteiger partial charge in [0.2, 0.25) is 0 Å². The number of hydrogen-bond acceptors (Lipinski definition) is 3. The molecular weight excluding hydrogens is 336 g/mol. The number of carbonyl (C=O) groups is 1. The van der Waals surface area contributed by atoms with E-state index >= 15 is 0 Å². The molecule has 4 rings (SSSR count). The summed E-state index contributed by atoms with van der Waals surface area (Å²) >= 11 is 0. The second-order valence-corrected chi connectivity index (χ2v) is 7.07. The van der Waals surface area contributed by atoms with Crippen LogP contribution in [-0.4, -0.2) is 29.1 Å². The van der Waals surface area contributed by atoms with Crippen molar-refractivity contribution in [2.45, 2.75) is 32.6 Å². The minimum absolute atomic E-state index is 0.171. The van der Waals surface area contributed by atoms with Crippen molar-refractivity contribution in [2.24, 2.45) is 0 Å². The molecule has 1 N–H and O–H groups in total. The lowest BCUT2D eigenvalue weighted by molar-refractivity contribution is 0.0691. The fraction of sp³-hybridized carbons (Fsp3) is 0.304. The fourth-order valence-corrected chi connectivity index (χ4v) is 4.09. The average molecular weight is 360 g/mol. The van der Waals surface area contributed by atoms with Crippen LogP contribution in [0.3, 0.4) is 0 Å². The monoisotopic (exact) mass is 360 g/mol. The van der Waals surface area contributed by atoms with Crippen LogP contribution in [0.2, 0.25) is 0 Å². The third-order valence-corrected chi connectivity index (χ3v) is 5.39. The van der Waals surface area contributed by atoms with Gasteiger partial charge in [-0.15, -0.1) is 0 Å². The number of anilines is 1. The molecule has 1 aliphatic heterocycles. The standard InChI is InChI=1S/C23H24N2O2/c1-2-16-12-9-13-18-19(17-10-5-3-6-11-17)22(25-14-7-4-8-15-25)21(23(26)27)24-20(16)18/h3,5-6,9-13H,2,4,7-8,14-15H2,1H3,(H,26,27). The van der Waals surface area contributed by atoms with Gasteiger partial charge in [0.15, 0.2) is 5.69 Å². The predicted octanol–water partition coefficient (Wildman–Crippen LogP) is 5.15. The maximum Gasteiger partial charge on any atom is 0.356 e. The summed E-state index contributed by atoms with van der Waals surface area (Å²) in [5.41, 5.74) is 4.86. The van der Waals surface area contributed by atoms with E-state index in [4.69, 9.17) is 0 Å². The van der Waals surface area contributed by atoms with Crippen molar-refractivity contribution in [3.63, 3.8) is 0 Å². The summed E-state index contributed by atoms with van der Waals surface area (Å²) in [4.78, 5) is 19.1. The summed E-state index contributed by atoms with van der Waals surface area (Å²) in [6.07, 6.45) is 4.18. The maximum atomic E-state index is 12.2. The average Bonchev–Trinajstić information content (AvgIpc) is 2.73. The highest BCUT2D eigenvalue weighted by Crippen LogP contribution is 2.41. The van der Waals surface area contributed by atoms with Crippen LogP contribution in [0.1, 0.15) is 42.2 Å². The number of fused-ring (bicyclic) bond motifs is 1. The molecule has 1 aliphatic rings. The second kappa shape index (κ2) is 7.39. The highest BCUT2D eigenvalue weighted by molar-refractivity contribution is 6.08. The van der Waals surface area contributed by atoms with Gasteiger partial charge >= 0.3 is 5.97 Å². The van der Waals surface area contributed by atoms with E-state index in [-0.39, 0.29) is 5.69 Å². The topological polar surface area (TPSA) is 53.4 Å². The number of para-hydroxylation sites is 1. The Hall–Kier alpha value is -2.88. The molecule has 4 nitrogen and oxygen atoms in total. The summed E-state index contributed by atoms with van der Waals surface area (Å²) in [7, 11) is 0. The third-order valence-electron chi connectivity index (χ3n) is 5.39. The van der Waals surface area contributed by atoms with E-state index in [1.165, 1.54) is 6.42 Å². The van der Waals surface area contributed by atoms with Gasteiger partial charge in [-0.1, -0.05) is 55.5 Å². The number of pyridine rings is 1. The Morgan fingerprint density at radius 1 is 1.04 bits per heavy atom. The molecule has 0 atom stereocenters. The van der Waals surface area contributed by atoms with Gasteiger partial charge in [-0.3, -0.25) is 0 Å². The van der Waals surface area contributed by atoms with Crippen LogP contribution in [0, 0.1) is 0 Å². The molecule has 0 bridgehead atoms. The zero-order valence-electron chi connectivity index (χ0n) is 15.6. The lowest BCUT2D eigenvalue weighted by atomic mass is 9.94. The number of aryl methyl sites for hydroxylation is 1. The molecule has 27 heavy (non-hydrogen) atoms. The second-order valence-electron chi connectivity index (χ2n) is 7.07. The Morgan fingerprint density at radius 3 is 2.44 bits per heavy atom. The number of piperidine rings is 1. The van der Waals surface area contributed by atoms with Crippen LogP contribution in [-0.2, 0) is 6.42 Å². The lowest BCUT2D eigenvalue weighted by Crippen LogP contribution is -2.32. The largest absolute Gasteiger partial charge is 0.476 e. The van der Waals surface area contributed by atoms with Gasteiger partial charge in [0, 0.05) is 24.0 Å². The van der Waals surface area contributed by atoms with E-state index in [0.717, 1.165) is 65.6 Å². The molecule has 0 radical (unpaired) electrons. The van der Waals surface area contributed by atoms with Crippen molar-refractivity contribution >= 4 is 22.6 Å². The summed E-state index contributed by atoms with van der Waals surface area (Å²) in [5, 5.41) is 11.0. The van der Waals surface area contributed by atoms with Gasteiger partial charge in [-0.25, -0.2) is 9.78 Å². The molecule has 4 heteroatoms. The zero-order chi connectivity index (χ0) is 18.8. The van der Waals surface area contributed by atoms with Crippen LogP contribution in [0.15, 0.2) is 48.5 Å². The van der Waals surface area contributed by atoms with E-state index in [9.17, 15) is 9.90 Å². The van der Waals surface area contributed by atoms with Gasteiger partial charge in [-0.2, -0.15) is 0 Å². The molecule has 3 aromatic rings. The van der Waals surface area contributed by atoms with Gasteiger partial charge < -0.3 is 10.0 Å². The van der Waals surface area contributed by atoms with Gasteiger partial charge in [0.05, 0.1) is 11.2 Å². The van der Waals surface area contributed by atoms with E-state index in [0.29, 0.717) is 0 Å². The number of nitrogens with zero attached hydrogens (tertiary/aromatic N) is 2. The third kappa shape index (κ3) is 3.16. The van der Waals surface area contributed by atoms with Crippen LogP contribution < -0.4 is 4.90 Å². The molecule has 0 spiro atoms. The molecule has 1 aromatic heterocycles. The number of rotatable bonds is 4. The first-order valence-electron chi connectivity index (χ1n) is 9.70. The molecule has 2 aromatic carbocycles.